The summed E-state index contributed by atoms with van der Waals surface area (Å²) in [6.07, 6.45) is -5.02. The van der Waals surface area contributed by atoms with Crippen LogP contribution < -0.4 is 0 Å². The van der Waals surface area contributed by atoms with Gasteiger partial charge in [-0.3, -0.25) is 0 Å². The summed E-state index contributed by atoms with van der Waals surface area (Å²) in [6, 6.07) is 0. The first-order valence-corrected chi connectivity index (χ1v) is 47.8. The molecule has 2 heterocycles. The zero-order valence-corrected chi connectivity index (χ0v) is 47.7. The van der Waals surface area contributed by atoms with Crippen molar-refractivity contribution in [3.8, 4) is 0 Å². The molecule has 19 heteroatoms. The van der Waals surface area contributed by atoms with E-state index in [0.29, 0.717) is 6.61 Å². The summed E-state index contributed by atoms with van der Waals surface area (Å²) >= 11 is 0. The molecule has 328 valence electrons. The van der Waals surface area contributed by atoms with Gasteiger partial charge in [-0.05, 0) is 157 Å². The van der Waals surface area contributed by atoms with Crippen molar-refractivity contribution >= 4 is 66.5 Å². The molecule has 0 radical (unpaired) electrons. The molecule has 2 saturated heterocycles. The molecule has 0 aromatic carbocycles. The van der Waals surface area contributed by atoms with E-state index in [4.69, 9.17) is 49.6 Å². The highest BCUT2D eigenvalue weighted by atomic mass is 28.4. The van der Waals surface area contributed by atoms with Gasteiger partial charge >= 0.3 is 0 Å². The van der Waals surface area contributed by atoms with Crippen LogP contribution in [0.3, 0.4) is 0 Å². The second-order valence-corrected chi connectivity index (χ2v) is 59.0. The third kappa shape index (κ3) is 20.6. The second kappa shape index (κ2) is 19.1. The van der Waals surface area contributed by atoms with Crippen molar-refractivity contribution in [3.63, 3.8) is 0 Å². The molecule has 0 aliphatic carbocycles. The van der Waals surface area contributed by atoms with Gasteiger partial charge < -0.3 is 49.6 Å². The summed E-state index contributed by atoms with van der Waals surface area (Å²) in [5.41, 5.74) is 0. The van der Waals surface area contributed by atoms with E-state index in [-0.39, 0.29) is 12.7 Å². The van der Waals surface area contributed by atoms with Gasteiger partial charge in [-0.2, -0.15) is 0 Å². The molecule has 2 fully saturated rings. The Labute approximate surface area is 346 Å². The van der Waals surface area contributed by atoms with Crippen LogP contribution in [0.2, 0.25) is 157 Å². The maximum Gasteiger partial charge on any atom is 0.187 e. The highest BCUT2D eigenvalue weighted by Gasteiger charge is 2.55. The smallest absolute Gasteiger partial charge is 0.187 e. The third-order valence-electron chi connectivity index (χ3n) is 7.70. The van der Waals surface area contributed by atoms with Gasteiger partial charge in [-0.25, -0.2) is 0 Å². The average Bonchev–Trinajstić information content (AvgIpc) is 2.87. The second-order valence-electron chi connectivity index (χ2n) is 23.2. The van der Waals surface area contributed by atoms with Crippen LogP contribution in [0.25, 0.3) is 0 Å². The number of rotatable bonds is 20. The molecule has 0 spiro atoms. The van der Waals surface area contributed by atoms with Crippen molar-refractivity contribution in [2.45, 2.75) is 219 Å². The molecule has 0 bridgehead atoms. The molecule has 0 aromatic rings. The van der Waals surface area contributed by atoms with Crippen LogP contribution in [0, 0.1) is 0 Å². The molecule has 10 atom stereocenters. The normalized spacial score (nSPS) is 31.2. The van der Waals surface area contributed by atoms with E-state index in [1.54, 1.807) is 0 Å². The van der Waals surface area contributed by atoms with Crippen molar-refractivity contribution in [2.75, 3.05) is 13.2 Å². The minimum absolute atomic E-state index is 0.170. The van der Waals surface area contributed by atoms with Gasteiger partial charge in [0, 0.05) is 0 Å². The SMILES string of the molecule is C[Si](C)(C)OC[C@H]1O[C@H](OC[C@H]2O[C@H](O[Si](C)(C)C)[C@H](O[Si](C)(C)C)[C@@H](O[Si](C)(C)C)[C@@H]2O[Si](C)(C)C)[C@H](O[Si](C)(C)C)[C@@H](O[Si](C)(C)C)[C@H]1O[Si](C)(C)C. The van der Waals surface area contributed by atoms with Crippen molar-refractivity contribution in [1.82, 2.24) is 0 Å². The van der Waals surface area contributed by atoms with Crippen molar-refractivity contribution in [1.29, 1.82) is 0 Å². The highest BCUT2D eigenvalue weighted by Crippen LogP contribution is 2.38. The predicted octanol–water partition coefficient (Wildman–Crippen LogP) is 9.48. The van der Waals surface area contributed by atoms with E-state index in [9.17, 15) is 0 Å². The number of ether oxygens (including phenoxy) is 3. The topological polar surface area (TPSA) is 102 Å². The standard InChI is InChI=1S/C36H86O11Si8/c1-48(2,3)38-26-28-30(42-50(7,8)9)31(43-51(10,11)12)33(45-53(16,17)18)35(39-28)37-25-27-29(41-49(4,5)6)32(44-52(13,14)15)34(46-54(19,20)21)36(40-27)47-55(22,23)24/h27-36H,25-26H2,1-24H3/t27-,28-,29-,30+,31+,32+,33-,34-,35+,36-/m1/s1. The van der Waals surface area contributed by atoms with Crippen LogP contribution in [0.15, 0.2) is 0 Å². The van der Waals surface area contributed by atoms with Crippen molar-refractivity contribution in [2.24, 2.45) is 0 Å². The summed E-state index contributed by atoms with van der Waals surface area (Å²) in [4.78, 5) is 0. The molecule has 2 aliphatic rings. The van der Waals surface area contributed by atoms with Gasteiger partial charge in [0.1, 0.15) is 48.8 Å². The monoisotopic (exact) mass is 918 g/mol. The predicted molar refractivity (Wildman–Crippen MR) is 246 cm³/mol. The van der Waals surface area contributed by atoms with E-state index in [1.165, 1.54) is 0 Å². The molecular weight excluding hydrogens is 833 g/mol. The van der Waals surface area contributed by atoms with Gasteiger partial charge in [0.2, 0.25) is 0 Å². The largest absolute Gasteiger partial charge is 0.415 e. The number of hydrogen-bond acceptors (Lipinski definition) is 11. The molecule has 0 amide bonds. The molecule has 2 rings (SSSR count). The summed E-state index contributed by atoms with van der Waals surface area (Å²) in [5.74, 6) is 0. The average molecular weight is 920 g/mol. The van der Waals surface area contributed by atoms with Crippen LogP contribution in [-0.2, 0) is 49.6 Å². The molecule has 0 saturated carbocycles. The lowest BCUT2D eigenvalue weighted by atomic mass is 9.98. The first kappa shape index (κ1) is 52.4. The molecular formula is C36H86O11Si8. The number of hydrogen-bond donors (Lipinski definition) is 0. The highest BCUT2D eigenvalue weighted by molar-refractivity contribution is 6.72. The summed E-state index contributed by atoms with van der Waals surface area (Å²) in [5, 5.41) is 0. The lowest BCUT2D eigenvalue weighted by molar-refractivity contribution is -0.314. The van der Waals surface area contributed by atoms with E-state index in [0.717, 1.165) is 0 Å². The van der Waals surface area contributed by atoms with Gasteiger partial charge in [-0.15, -0.1) is 0 Å². The molecule has 0 unspecified atom stereocenters. The van der Waals surface area contributed by atoms with E-state index < -0.39 is 122 Å². The fourth-order valence-corrected chi connectivity index (χ4v) is 14.4. The summed E-state index contributed by atoms with van der Waals surface area (Å²) in [6.45, 7) is 53.4. The van der Waals surface area contributed by atoms with Crippen LogP contribution >= 0.6 is 0 Å². The molecule has 2 aliphatic heterocycles. The lowest BCUT2D eigenvalue weighted by Gasteiger charge is -2.53. The van der Waals surface area contributed by atoms with Crippen molar-refractivity contribution < 1.29 is 49.6 Å². The third-order valence-corrected chi connectivity index (χ3v) is 15.5. The van der Waals surface area contributed by atoms with E-state index in [2.05, 4.69) is 157 Å². The zero-order valence-electron chi connectivity index (χ0n) is 39.7. The maximum atomic E-state index is 7.11. The Hall–Kier alpha value is 1.30. The fraction of sp³-hybridized carbons (Fsp3) is 1.00. The Balaban J connectivity index is 2.76. The Morgan fingerprint density at radius 1 is 0.291 bits per heavy atom. The minimum Gasteiger partial charge on any atom is -0.415 e. The first-order chi connectivity index (χ1) is 24.2. The van der Waals surface area contributed by atoms with Gasteiger partial charge in [-0.1, -0.05) is 0 Å². The summed E-state index contributed by atoms with van der Waals surface area (Å²) < 4.78 is 76.8. The maximum absolute atomic E-state index is 7.11. The van der Waals surface area contributed by atoms with Gasteiger partial charge in [0.25, 0.3) is 0 Å². The molecule has 11 nitrogen and oxygen atoms in total. The quantitative estimate of drug-likeness (QED) is 0.109. The van der Waals surface area contributed by atoms with Gasteiger partial charge in [0.15, 0.2) is 79.1 Å². The summed E-state index contributed by atoms with van der Waals surface area (Å²) in [7, 11) is -16.8. The Kier molecular flexibility index (Phi) is 18.2. The van der Waals surface area contributed by atoms with Crippen LogP contribution in [-0.4, -0.2) is 141 Å². The van der Waals surface area contributed by atoms with E-state index >= 15 is 0 Å². The zero-order chi connectivity index (χ0) is 43.0. The Bertz CT molecular complexity index is 1180. The van der Waals surface area contributed by atoms with Crippen molar-refractivity contribution in [3.05, 3.63) is 0 Å². The molecule has 0 aromatic heterocycles. The van der Waals surface area contributed by atoms with Crippen LogP contribution in [0.1, 0.15) is 0 Å². The Morgan fingerprint density at radius 2 is 0.564 bits per heavy atom. The lowest BCUT2D eigenvalue weighted by Crippen LogP contribution is -2.68. The first-order valence-electron chi connectivity index (χ1n) is 20.5. The minimum atomic E-state index is -2.17. The van der Waals surface area contributed by atoms with E-state index in [1.807, 2.05) is 0 Å². The van der Waals surface area contributed by atoms with Crippen LogP contribution in [0.5, 0.6) is 0 Å². The molecule has 55 heavy (non-hydrogen) atoms. The molecule has 0 N–H and O–H groups in total. The fourth-order valence-electron chi connectivity index (χ4n) is 6.38. The van der Waals surface area contributed by atoms with Gasteiger partial charge in [0.05, 0.1) is 13.2 Å². The van der Waals surface area contributed by atoms with Crippen LogP contribution in [0.4, 0.5) is 0 Å². The Morgan fingerprint density at radius 3 is 0.891 bits per heavy atom.